The second kappa shape index (κ2) is 5.72. The van der Waals surface area contributed by atoms with E-state index in [1.54, 1.807) is 0 Å². The Balaban J connectivity index is 1.73. The molecule has 0 amide bonds. The number of nitrogens with zero attached hydrogens (tertiary/aromatic N) is 3. The van der Waals surface area contributed by atoms with Gasteiger partial charge in [0.1, 0.15) is 5.84 Å². The van der Waals surface area contributed by atoms with Crippen molar-refractivity contribution in [2.75, 3.05) is 46.3 Å². The molecule has 0 saturated carbocycles. The highest BCUT2D eigenvalue weighted by atomic mass is 15.2. The summed E-state index contributed by atoms with van der Waals surface area (Å²) in [6.07, 6.45) is 0. The summed E-state index contributed by atoms with van der Waals surface area (Å²) in [5, 5.41) is 3.38. The summed E-state index contributed by atoms with van der Waals surface area (Å²) >= 11 is 0. The van der Waals surface area contributed by atoms with Gasteiger partial charge in [0.05, 0.1) is 6.54 Å². The lowest BCUT2D eigenvalue weighted by Gasteiger charge is -2.32. The predicted molar refractivity (Wildman–Crippen MR) is 78.6 cm³/mol. The zero-order valence-electron chi connectivity index (χ0n) is 11.6. The maximum atomic E-state index is 4.55. The van der Waals surface area contributed by atoms with E-state index in [4.69, 9.17) is 0 Å². The van der Waals surface area contributed by atoms with Crippen LogP contribution in [0.15, 0.2) is 29.3 Å². The van der Waals surface area contributed by atoms with Crippen molar-refractivity contribution in [1.29, 1.82) is 0 Å². The van der Waals surface area contributed by atoms with E-state index in [2.05, 4.69) is 51.4 Å². The van der Waals surface area contributed by atoms with Gasteiger partial charge in [-0.15, -0.1) is 0 Å². The van der Waals surface area contributed by atoms with Crippen LogP contribution in [-0.4, -0.2) is 62.0 Å². The molecule has 4 nitrogen and oxygen atoms in total. The molecule has 0 aromatic heterocycles. The van der Waals surface area contributed by atoms with Crippen LogP contribution in [0.4, 0.5) is 0 Å². The summed E-state index contributed by atoms with van der Waals surface area (Å²) in [5.74, 6) is 1.07. The molecule has 3 rings (SSSR count). The minimum atomic E-state index is 0.901. The van der Waals surface area contributed by atoms with E-state index in [1.807, 2.05) is 0 Å². The molecule has 102 valence electrons. The maximum Gasteiger partial charge on any atom is 0.128 e. The average Bonchev–Trinajstić information content (AvgIpc) is 2.96. The molecular formula is C15H22N4. The van der Waals surface area contributed by atoms with Gasteiger partial charge >= 0.3 is 0 Å². The molecule has 2 heterocycles. The first-order valence-corrected chi connectivity index (χ1v) is 7.10. The molecule has 1 aromatic rings. The molecule has 2 aliphatic heterocycles. The number of hydrogen-bond donors (Lipinski definition) is 1. The van der Waals surface area contributed by atoms with E-state index in [0.717, 1.165) is 38.6 Å². The van der Waals surface area contributed by atoms with Crippen LogP contribution in [0.1, 0.15) is 11.1 Å². The van der Waals surface area contributed by atoms with E-state index in [0.29, 0.717) is 0 Å². The van der Waals surface area contributed by atoms with Crippen molar-refractivity contribution < 1.29 is 0 Å². The van der Waals surface area contributed by atoms with E-state index >= 15 is 0 Å². The Kier molecular flexibility index (Phi) is 3.80. The lowest BCUT2D eigenvalue weighted by atomic mass is 10.1. The largest absolute Gasteiger partial charge is 0.368 e. The maximum absolute atomic E-state index is 4.55. The molecule has 1 aromatic carbocycles. The highest BCUT2D eigenvalue weighted by molar-refractivity contribution is 6.00. The second-order valence-corrected chi connectivity index (χ2v) is 5.39. The van der Waals surface area contributed by atoms with Crippen molar-refractivity contribution in [2.24, 2.45) is 4.99 Å². The minimum absolute atomic E-state index is 0.901. The third-order valence-electron chi connectivity index (χ3n) is 3.94. The summed E-state index contributed by atoms with van der Waals surface area (Å²) in [4.78, 5) is 9.48. The highest BCUT2D eigenvalue weighted by Crippen LogP contribution is 2.14. The summed E-state index contributed by atoms with van der Waals surface area (Å²) in [7, 11) is 2.20. The van der Waals surface area contributed by atoms with Gasteiger partial charge in [0.2, 0.25) is 0 Å². The second-order valence-electron chi connectivity index (χ2n) is 5.39. The smallest absolute Gasteiger partial charge is 0.128 e. The molecule has 4 heteroatoms. The van der Waals surface area contributed by atoms with Crippen LogP contribution < -0.4 is 5.32 Å². The van der Waals surface area contributed by atoms with Crippen molar-refractivity contribution in [3.05, 3.63) is 35.4 Å². The van der Waals surface area contributed by atoms with Gasteiger partial charge < -0.3 is 10.2 Å². The molecular weight excluding hydrogens is 236 g/mol. The average molecular weight is 258 g/mol. The summed E-state index contributed by atoms with van der Waals surface area (Å²) in [6, 6.07) is 8.65. The number of aliphatic imine (C=N–C) groups is 1. The fraction of sp³-hybridized carbons (Fsp3) is 0.533. The molecule has 1 N–H and O–H groups in total. The first-order chi connectivity index (χ1) is 9.33. The van der Waals surface area contributed by atoms with Crippen LogP contribution in [-0.2, 0) is 6.54 Å². The number of hydrogen-bond acceptors (Lipinski definition) is 4. The number of piperazine rings is 1. The third-order valence-corrected chi connectivity index (χ3v) is 3.94. The van der Waals surface area contributed by atoms with Crippen LogP contribution in [0.2, 0.25) is 0 Å². The molecule has 0 aliphatic carbocycles. The topological polar surface area (TPSA) is 30.9 Å². The third kappa shape index (κ3) is 2.96. The number of benzene rings is 1. The quantitative estimate of drug-likeness (QED) is 0.869. The Morgan fingerprint density at radius 1 is 1.16 bits per heavy atom. The molecule has 1 fully saturated rings. The normalized spacial score (nSPS) is 21.2. The Hall–Kier alpha value is -1.39. The SMILES string of the molecule is CN1CCN(Cc2ccccc2C2=NCCN2)CC1. The van der Waals surface area contributed by atoms with Crippen LogP contribution >= 0.6 is 0 Å². The van der Waals surface area contributed by atoms with Crippen molar-refractivity contribution in [1.82, 2.24) is 15.1 Å². The lowest BCUT2D eigenvalue weighted by molar-refractivity contribution is 0.148. The standard InChI is InChI=1S/C15H22N4/c1-18-8-10-19(11-9-18)12-13-4-2-3-5-14(13)15-16-6-7-17-15/h2-5H,6-12H2,1H3,(H,16,17). The van der Waals surface area contributed by atoms with Crippen molar-refractivity contribution in [2.45, 2.75) is 6.54 Å². The first-order valence-electron chi connectivity index (χ1n) is 7.10. The molecule has 0 unspecified atom stereocenters. The summed E-state index contributed by atoms with van der Waals surface area (Å²) in [5.41, 5.74) is 2.67. The Labute approximate surface area is 115 Å². The van der Waals surface area contributed by atoms with Gasteiger partial charge in [-0.05, 0) is 12.6 Å². The predicted octanol–water partition coefficient (Wildman–Crippen LogP) is 0.784. The van der Waals surface area contributed by atoms with Crippen molar-refractivity contribution >= 4 is 5.84 Å². The van der Waals surface area contributed by atoms with Gasteiger partial charge in [0.15, 0.2) is 0 Å². The zero-order chi connectivity index (χ0) is 13.1. The molecule has 1 saturated heterocycles. The summed E-state index contributed by atoms with van der Waals surface area (Å²) in [6.45, 7) is 7.55. The van der Waals surface area contributed by atoms with Crippen molar-refractivity contribution in [3.8, 4) is 0 Å². The first kappa shape index (κ1) is 12.6. The van der Waals surface area contributed by atoms with Crippen LogP contribution in [0.5, 0.6) is 0 Å². The molecule has 2 aliphatic rings. The fourth-order valence-electron chi connectivity index (χ4n) is 2.71. The number of nitrogens with one attached hydrogen (secondary N) is 1. The number of rotatable bonds is 3. The van der Waals surface area contributed by atoms with Gasteiger partial charge in [-0.1, -0.05) is 24.3 Å². The zero-order valence-corrected chi connectivity index (χ0v) is 11.6. The van der Waals surface area contributed by atoms with Crippen LogP contribution in [0.25, 0.3) is 0 Å². The Morgan fingerprint density at radius 3 is 2.68 bits per heavy atom. The number of amidine groups is 1. The molecule has 0 bridgehead atoms. The Bertz CT molecular complexity index is 461. The van der Waals surface area contributed by atoms with Gasteiger partial charge in [-0.25, -0.2) is 0 Å². The van der Waals surface area contributed by atoms with Crippen LogP contribution in [0, 0.1) is 0 Å². The highest BCUT2D eigenvalue weighted by Gasteiger charge is 2.17. The molecule has 0 spiro atoms. The van der Waals surface area contributed by atoms with Gasteiger partial charge in [0.25, 0.3) is 0 Å². The molecule has 0 radical (unpaired) electrons. The van der Waals surface area contributed by atoms with Crippen molar-refractivity contribution in [3.63, 3.8) is 0 Å². The number of likely N-dealkylation sites (N-methyl/N-ethyl adjacent to an activating group) is 1. The van der Waals surface area contributed by atoms with Gasteiger partial charge in [-0.2, -0.15) is 0 Å². The van der Waals surface area contributed by atoms with E-state index in [1.165, 1.54) is 24.2 Å². The van der Waals surface area contributed by atoms with E-state index in [9.17, 15) is 0 Å². The molecule has 19 heavy (non-hydrogen) atoms. The van der Waals surface area contributed by atoms with Gasteiger partial charge in [-0.3, -0.25) is 9.89 Å². The van der Waals surface area contributed by atoms with E-state index in [-0.39, 0.29) is 0 Å². The summed E-state index contributed by atoms with van der Waals surface area (Å²) < 4.78 is 0. The fourth-order valence-corrected chi connectivity index (χ4v) is 2.71. The van der Waals surface area contributed by atoms with Crippen LogP contribution in [0.3, 0.4) is 0 Å². The lowest BCUT2D eigenvalue weighted by Crippen LogP contribution is -2.44. The Morgan fingerprint density at radius 2 is 1.95 bits per heavy atom. The molecule has 0 atom stereocenters. The van der Waals surface area contributed by atoms with Gasteiger partial charge in [0, 0.05) is 44.8 Å². The monoisotopic (exact) mass is 258 g/mol. The minimum Gasteiger partial charge on any atom is -0.368 e. The van der Waals surface area contributed by atoms with E-state index < -0.39 is 0 Å².